The molecular formula is C28H39Cl14LiO9. The molecule has 0 radical (unpaired) electrons. The standard InChI is InChI=1S/C8H12Cl4O2.C8H11Cl3O2.C7H12O2.C4H3Cl3O2.CCl4.Li.H2O/c1-2-3-4-14-7(13)6(9)5-8(10,11)12;1-2-3-6-13-7(12)4-5-8(9,10)11;1-3-5-6-9-7(8)4-2;5-4(6,7)2-1-3(8)9;2-1(3,4)5;;/h6H,2-5H2,1H3;4-5H,2-3,6H2,1H3;4H,2-3,5-6H2,1H3;1-2H,(H,8,9);;;1H2/q;;;;;+1;/p-1/b;5-4-;;2-1-;;;. The molecule has 0 aromatic carbocycles. The summed E-state index contributed by atoms with van der Waals surface area (Å²) in [6, 6.07) is 0. The Morgan fingerprint density at radius 3 is 1.25 bits per heavy atom. The summed E-state index contributed by atoms with van der Waals surface area (Å²) in [5, 5.41) is 7.11. The van der Waals surface area contributed by atoms with Crippen LogP contribution in [0.2, 0.25) is 0 Å². The monoisotopic (exact) mass is 1020 g/mol. The first-order chi connectivity index (χ1) is 22.5. The van der Waals surface area contributed by atoms with Gasteiger partial charge in [-0.25, -0.2) is 14.4 Å². The maximum Gasteiger partial charge on any atom is 1.00 e. The molecule has 0 aliphatic rings. The molecule has 0 bridgehead atoms. The molecule has 24 heteroatoms. The van der Waals surface area contributed by atoms with Gasteiger partial charge in [-0.15, -0.1) is 11.6 Å². The quantitative estimate of drug-likeness (QED) is 0.0449. The molecule has 0 fully saturated rings. The van der Waals surface area contributed by atoms with Gasteiger partial charge in [-0.2, -0.15) is 0 Å². The molecule has 0 aromatic heterocycles. The molecule has 52 heavy (non-hydrogen) atoms. The van der Waals surface area contributed by atoms with Crippen molar-refractivity contribution in [2.45, 2.75) is 85.7 Å². The summed E-state index contributed by atoms with van der Waals surface area (Å²) < 4.78 is 8.01. The molecule has 9 nitrogen and oxygen atoms in total. The number of allylic oxidation sites excluding steroid dienone is 2. The van der Waals surface area contributed by atoms with Crippen molar-refractivity contribution in [3.63, 3.8) is 0 Å². The van der Waals surface area contributed by atoms with Gasteiger partial charge in [0.25, 0.3) is 3.25 Å². The summed E-state index contributed by atoms with van der Waals surface area (Å²) in [5.41, 5.74) is 0. The molecule has 0 aliphatic carbocycles. The minimum atomic E-state index is -1.61. The summed E-state index contributed by atoms with van der Waals surface area (Å²) in [5.74, 6) is -2.49. The van der Waals surface area contributed by atoms with E-state index in [-0.39, 0.29) is 36.7 Å². The predicted octanol–water partition coefficient (Wildman–Crippen LogP) is 9.85. The Morgan fingerprint density at radius 1 is 0.654 bits per heavy atom. The molecule has 0 spiro atoms. The number of hydrogen-bond donors (Lipinski definition) is 1. The zero-order chi connectivity index (χ0) is 40.6. The van der Waals surface area contributed by atoms with E-state index in [2.05, 4.69) is 11.3 Å². The Hall–Kier alpha value is 1.72. The van der Waals surface area contributed by atoms with Crippen LogP contribution in [0.15, 0.2) is 37.0 Å². The molecule has 0 saturated heterocycles. The van der Waals surface area contributed by atoms with Crippen LogP contribution in [0.3, 0.4) is 0 Å². The van der Waals surface area contributed by atoms with Gasteiger partial charge < -0.3 is 24.8 Å². The van der Waals surface area contributed by atoms with Crippen LogP contribution < -0.4 is 18.9 Å². The van der Waals surface area contributed by atoms with Crippen molar-refractivity contribution in [2.24, 2.45) is 0 Å². The van der Waals surface area contributed by atoms with Crippen molar-refractivity contribution in [1.82, 2.24) is 0 Å². The molecule has 1 atom stereocenters. The number of esters is 3. The van der Waals surface area contributed by atoms with Gasteiger partial charge in [-0.05, 0) is 31.4 Å². The van der Waals surface area contributed by atoms with E-state index >= 15 is 0 Å². The van der Waals surface area contributed by atoms with Crippen molar-refractivity contribution in [3.05, 3.63) is 37.0 Å². The van der Waals surface area contributed by atoms with Crippen LogP contribution in [0.4, 0.5) is 0 Å². The Labute approximate surface area is 387 Å². The van der Waals surface area contributed by atoms with Crippen LogP contribution in [0.25, 0.3) is 0 Å². The predicted molar refractivity (Wildman–Crippen MR) is 217 cm³/mol. The molecule has 0 saturated carbocycles. The zero-order valence-corrected chi connectivity index (χ0v) is 38.9. The fourth-order valence-electron chi connectivity index (χ4n) is 1.76. The Balaban J connectivity index is -0.0000000996. The fraction of sp³-hybridized carbons (Fsp3) is 0.643. The Kier molecular flexibility index (Phi) is 53.8. The van der Waals surface area contributed by atoms with Crippen molar-refractivity contribution in [1.29, 1.82) is 0 Å². The number of carbonyl (C=O) groups is 4. The van der Waals surface area contributed by atoms with Gasteiger partial charge in [0.05, 0.1) is 19.8 Å². The zero-order valence-electron chi connectivity index (χ0n) is 28.3. The molecule has 0 amide bonds. The molecule has 304 valence electrons. The third-order valence-electron chi connectivity index (χ3n) is 3.88. The summed E-state index contributed by atoms with van der Waals surface area (Å²) in [6.45, 7) is 10.6. The van der Waals surface area contributed by atoms with Crippen LogP contribution >= 0.6 is 162 Å². The van der Waals surface area contributed by atoms with Crippen LogP contribution in [0.1, 0.15) is 65.7 Å². The Bertz CT molecular complexity index is 975. The normalized spacial score (nSPS) is 11.5. The van der Waals surface area contributed by atoms with E-state index in [1.165, 1.54) is 6.08 Å². The smallest absolute Gasteiger partial charge is 0.870 e. The van der Waals surface area contributed by atoms with Crippen molar-refractivity contribution in [3.8, 4) is 0 Å². The van der Waals surface area contributed by atoms with Crippen molar-refractivity contribution < 1.29 is 62.8 Å². The number of carboxylic acid groups (broad SMARTS) is 1. The maximum absolute atomic E-state index is 11.2. The van der Waals surface area contributed by atoms with Gasteiger partial charge in [0.1, 0.15) is 5.38 Å². The molecule has 0 aromatic rings. The Morgan fingerprint density at radius 2 is 0.981 bits per heavy atom. The number of unbranched alkanes of at least 4 members (excludes halogenated alkanes) is 3. The summed E-state index contributed by atoms with van der Waals surface area (Å²) in [4.78, 5) is 42.2. The molecular weight excluding hydrogens is 984 g/mol. The second kappa shape index (κ2) is 40.9. The number of aliphatic carboxylic acids is 1. The molecule has 1 unspecified atom stereocenters. The SMILES string of the molecule is C=CC(=O)OCCCC.CCCCOC(=O)/C=C\C(Cl)(Cl)Cl.CCCCOC(=O)C(Cl)CC(Cl)(Cl)Cl.ClC(Cl)(Cl)Cl.O=C(O)/C=C\C(Cl)(Cl)Cl.[Li+].[OH-]. The van der Waals surface area contributed by atoms with Gasteiger partial charge in [-0.1, -0.05) is 197 Å². The second-order valence-electron chi connectivity index (χ2n) is 8.57. The average Bonchev–Trinajstić information content (AvgIpc) is 2.94. The first-order valence-corrected chi connectivity index (χ1v) is 19.2. The topological polar surface area (TPSA) is 146 Å². The van der Waals surface area contributed by atoms with Crippen molar-refractivity contribution >= 4 is 186 Å². The van der Waals surface area contributed by atoms with Gasteiger partial charge in [0.2, 0.25) is 7.59 Å². The first kappa shape index (κ1) is 68.4. The number of alkyl halides is 14. The van der Waals surface area contributed by atoms with Crippen molar-refractivity contribution in [2.75, 3.05) is 19.8 Å². The van der Waals surface area contributed by atoms with Gasteiger partial charge in [-0.3, -0.25) is 4.79 Å². The van der Waals surface area contributed by atoms with Crippen LogP contribution in [0.5, 0.6) is 0 Å². The number of carboxylic acids is 1. The van der Waals surface area contributed by atoms with E-state index < -0.39 is 37.9 Å². The van der Waals surface area contributed by atoms with Crippen LogP contribution in [-0.4, -0.2) is 74.3 Å². The van der Waals surface area contributed by atoms with Crippen LogP contribution in [0, 0.1) is 0 Å². The molecule has 0 aliphatic heterocycles. The fourth-order valence-corrected chi connectivity index (χ4v) is 3.14. The van der Waals surface area contributed by atoms with Crippen LogP contribution in [-0.2, 0) is 33.4 Å². The number of rotatable bonds is 14. The number of hydrogen-bond acceptors (Lipinski definition) is 8. The van der Waals surface area contributed by atoms with E-state index in [0.717, 1.165) is 62.8 Å². The minimum Gasteiger partial charge on any atom is -0.870 e. The third-order valence-corrected chi connectivity index (χ3v) is 5.43. The second-order valence-corrected chi connectivity index (χ2v) is 19.8. The van der Waals surface area contributed by atoms with E-state index in [9.17, 15) is 19.2 Å². The largest absolute Gasteiger partial charge is 1.00 e. The molecule has 2 N–H and O–H groups in total. The number of halogens is 14. The van der Waals surface area contributed by atoms with E-state index in [4.69, 9.17) is 177 Å². The molecule has 0 rings (SSSR count). The number of ether oxygens (including phenoxy) is 3. The number of carbonyl (C=O) groups excluding carboxylic acids is 3. The van der Waals surface area contributed by atoms with Gasteiger partial charge >= 0.3 is 42.7 Å². The molecule has 0 heterocycles. The summed E-state index contributed by atoms with van der Waals surface area (Å²) in [7, 11) is 0. The van der Waals surface area contributed by atoms with E-state index in [1.807, 2.05) is 20.8 Å². The van der Waals surface area contributed by atoms with E-state index in [1.54, 1.807) is 0 Å². The van der Waals surface area contributed by atoms with Gasteiger partial charge in [0, 0.05) is 24.6 Å². The third kappa shape index (κ3) is 84.3. The average molecular weight is 1020 g/mol. The summed E-state index contributed by atoms with van der Waals surface area (Å²) >= 11 is 73.0. The van der Waals surface area contributed by atoms with Gasteiger partial charge in [0.15, 0.2) is 3.79 Å². The summed E-state index contributed by atoms with van der Waals surface area (Å²) in [6.07, 6.45) is 10.7. The maximum atomic E-state index is 11.2. The van der Waals surface area contributed by atoms with E-state index in [0.29, 0.717) is 19.8 Å². The first-order valence-electron chi connectivity index (χ1n) is 13.9. The minimum absolute atomic E-state index is 0.